The minimum absolute atomic E-state index is 0.264. The van der Waals surface area contributed by atoms with Gasteiger partial charge in [0.2, 0.25) is 5.91 Å². The van der Waals surface area contributed by atoms with Crippen LogP contribution in [0.5, 0.6) is 5.75 Å². The quantitative estimate of drug-likeness (QED) is 0.770. The Morgan fingerprint density at radius 2 is 1.72 bits per heavy atom. The lowest BCUT2D eigenvalue weighted by molar-refractivity contribution is -0.135. The van der Waals surface area contributed by atoms with Crippen LogP contribution in [-0.4, -0.2) is 86.7 Å². The summed E-state index contributed by atoms with van der Waals surface area (Å²) in [6, 6.07) is 8.21. The van der Waals surface area contributed by atoms with Crippen LogP contribution in [0.2, 0.25) is 0 Å². The van der Waals surface area contributed by atoms with E-state index < -0.39 is 0 Å². The number of piperazine rings is 1. The Hall–Kier alpha value is -1.63. The highest BCUT2D eigenvalue weighted by Crippen LogP contribution is 2.20. The van der Waals surface area contributed by atoms with Crippen LogP contribution in [0.15, 0.2) is 24.3 Å². The number of amides is 1. The van der Waals surface area contributed by atoms with E-state index >= 15 is 0 Å². The maximum atomic E-state index is 12.2. The lowest BCUT2D eigenvalue weighted by Crippen LogP contribution is -2.47. The van der Waals surface area contributed by atoms with E-state index in [4.69, 9.17) is 9.47 Å². The summed E-state index contributed by atoms with van der Waals surface area (Å²) in [5.41, 5.74) is 1.24. The molecule has 0 bridgehead atoms. The fraction of sp³-hybridized carbons (Fsp3) is 0.632. The van der Waals surface area contributed by atoms with Crippen molar-refractivity contribution in [1.29, 1.82) is 0 Å². The van der Waals surface area contributed by atoms with E-state index in [1.165, 1.54) is 5.56 Å². The number of benzene rings is 1. The van der Waals surface area contributed by atoms with Crippen LogP contribution in [0.1, 0.15) is 12.0 Å². The molecule has 6 nitrogen and oxygen atoms in total. The molecule has 0 unspecified atom stereocenters. The molecule has 2 aliphatic heterocycles. The van der Waals surface area contributed by atoms with Gasteiger partial charge in [-0.2, -0.15) is 0 Å². The molecule has 2 fully saturated rings. The van der Waals surface area contributed by atoms with Crippen molar-refractivity contribution in [3.8, 4) is 5.75 Å². The fourth-order valence-corrected chi connectivity index (χ4v) is 3.47. The SMILES string of the molecule is COc1ccccc1CN1CCN(CCC(=O)N2CCOCC2)CC1. The third kappa shape index (κ3) is 5.17. The first-order chi connectivity index (χ1) is 12.3. The van der Waals surface area contributed by atoms with Crippen LogP contribution in [0, 0.1) is 0 Å². The monoisotopic (exact) mass is 347 g/mol. The predicted octanol–water partition coefficient (Wildman–Crippen LogP) is 1.06. The summed E-state index contributed by atoms with van der Waals surface area (Å²) >= 11 is 0. The first-order valence-corrected chi connectivity index (χ1v) is 9.18. The summed E-state index contributed by atoms with van der Waals surface area (Å²) in [5, 5.41) is 0. The van der Waals surface area contributed by atoms with Gasteiger partial charge in [-0.15, -0.1) is 0 Å². The Morgan fingerprint density at radius 1 is 1.04 bits per heavy atom. The molecule has 2 saturated heterocycles. The normalized spacial score (nSPS) is 19.8. The van der Waals surface area contributed by atoms with Crippen LogP contribution in [-0.2, 0) is 16.1 Å². The van der Waals surface area contributed by atoms with Crippen LogP contribution in [0.3, 0.4) is 0 Å². The molecule has 6 heteroatoms. The first kappa shape index (κ1) is 18.2. The summed E-state index contributed by atoms with van der Waals surface area (Å²) in [7, 11) is 1.72. The van der Waals surface area contributed by atoms with Crippen LogP contribution < -0.4 is 4.74 Å². The average Bonchev–Trinajstić information content (AvgIpc) is 2.68. The van der Waals surface area contributed by atoms with Crippen molar-refractivity contribution in [1.82, 2.24) is 14.7 Å². The topological polar surface area (TPSA) is 45.2 Å². The summed E-state index contributed by atoms with van der Waals surface area (Å²) < 4.78 is 10.7. The fourth-order valence-electron chi connectivity index (χ4n) is 3.47. The van der Waals surface area contributed by atoms with E-state index in [1.807, 2.05) is 17.0 Å². The van der Waals surface area contributed by atoms with Crippen LogP contribution in [0.25, 0.3) is 0 Å². The van der Waals surface area contributed by atoms with E-state index in [-0.39, 0.29) is 5.91 Å². The van der Waals surface area contributed by atoms with Gasteiger partial charge in [0.05, 0.1) is 20.3 Å². The van der Waals surface area contributed by atoms with E-state index in [0.29, 0.717) is 19.6 Å². The standard InChI is InChI=1S/C19H29N3O3/c1-24-18-5-3-2-4-17(18)16-21-10-8-20(9-11-21)7-6-19(23)22-12-14-25-15-13-22/h2-5H,6-16H2,1H3. The van der Waals surface area contributed by atoms with Crippen LogP contribution >= 0.6 is 0 Å². The molecule has 0 aromatic heterocycles. The van der Waals surface area contributed by atoms with Gasteiger partial charge < -0.3 is 19.3 Å². The predicted molar refractivity (Wildman–Crippen MR) is 96.7 cm³/mol. The van der Waals surface area contributed by atoms with Gasteiger partial charge in [0.1, 0.15) is 5.75 Å². The van der Waals surface area contributed by atoms with Gasteiger partial charge in [-0.25, -0.2) is 0 Å². The number of hydrogen-bond acceptors (Lipinski definition) is 5. The maximum absolute atomic E-state index is 12.2. The third-order valence-corrected chi connectivity index (χ3v) is 5.06. The number of para-hydroxylation sites is 1. The lowest BCUT2D eigenvalue weighted by Gasteiger charge is -2.35. The molecule has 1 amide bonds. The largest absolute Gasteiger partial charge is 0.496 e. The molecule has 25 heavy (non-hydrogen) atoms. The number of nitrogens with zero attached hydrogens (tertiary/aromatic N) is 3. The van der Waals surface area contributed by atoms with Crippen molar-refractivity contribution in [3.05, 3.63) is 29.8 Å². The average molecular weight is 347 g/mol. The number of hydrogen-bond donors (Lipinski definition) is 0. The molecular formula is C19H29N3O3. The summed E-state index contributed by atoms with van der Waals surface area (Å²) in [4.78, 5) is 19.0. The Labute approximate surface area is 150 Å². The second-order valence-corrected chi connectivity index (χ2v) is 6.67. The molecule has 2 aliphatic rings. The Bertz CT molecular complexity index is 553. The molecular weight excluding hydrogens is 318 g/mol. The highest BCUT2D eigenvalue weighted by Gasteiger charge is 2.21. The number of carbonyl (C=O) groups excluding carboxylic acids is 1. The van der Waals surface area contributed by atoms with Crippen molar-refractivity contribution < 1.29 is 14.3 Å². The molecule has 0 aliphatic carbocycles. The summed E-state index contributed by atoms with van der Waals surface area (Å²) in [6.07, 6.45) is 0.618. The maximum Gasteiger partial charge on any atom is 0.224 e. The number of carbonyl (C=O) groups is 1. The first-order valence-electron chi connectivity index (χ1n) is 9.18. The van der Waals surface area contributed by atoms with Gasteiger partial charge in [-0.3, -0.25) is 9.69 Å². The molecule has 0 atom stereocenters. The minimum atomic E-state index is 0.264. The van der Waals surface area contributed by atoms with Gasteiger partial charge in [0.15, 0.2) is 0 Å². The number of methoxy groups -OCH3 is 1. The molecule has 2 heterocycles. The molecule has 0 saturated carbocycles. The zero-order valence-electron chi connectivity index (χ0n) is 15.2. The second kappa shape index (κ2) is 9.17. The molecule has 1 aromatic rings. The molecule has 138 valence electrons. The van der Waals surface area contributed by atoms with Gasteiger partial charge in [0.25, 0.3) is 0 Å². The lowest BCUT2D eigenvalue weighted by atomic mass is 10.1. The van der Waals surface area contributed by atoms with Crippen LogP contribution in [0.4, 0.5) is 0 Å². The van der Waals surface area contributed by atoms with E-state index in [2.05, 4.69) is 21.9 Å². The van der Waals surface area contributed by atoms with E-state index in [9.17, 15) is 4.79 Å². The summed E-state index contributed by atoms with van der Waals surface area (Å²) in [6.45, 7) is 8.71. The molecule has 3 rings (SSSR count). The van der Waals surface area contributed by atoms with Gasteiger partial charge in [0, 0.05) is 64.3 Å². The van der Waals surface area contributed by atoms with Gasteiger partial charge >= 0.3 is 0 Å². The number of ether oxygens (including phenoxy) is 2. The minimum Gasteiger partial charge on any atom is -0.496 e. The Balaban J connectivity index is 1.39. The molecule has 0 spiro atoms. The molecule has 0 N–H and O–H groups in total. The van der Waals surface area contributed by atoms with Crippen molar-refractivity contribution in [2.24, 2.45) is 0 Å². The number of rotatable bonds is 6. The van der Waals surface area contributed by atoms with Crippen molar-refractivity contribution in [2.45, 2.75) is 13.0 Å². The highest BCUT2D eigenvalue weighted by atomic mass is 16.5. The molecule has 1 aromatic carbocycles. The Morgan fingerprint density at radius 3 is 2.44 bits per heavy atom. The third-order valence-electron chi connectivity index (χ3n) is 5.06. The second-order valence-electron chi connectivity index (χ2n) is 6.67. The smallest absolute Gasteiger partial charge is 0.224 e. The van der Waals surface area contributed by atoms with Crippen molar-refractivity contribution in [2.75, 3.05) is 66.1 Å². The van der Waals surface area contributed by atoms with Crippen molar-refractivity contribution >= 4 is 5.91 Å². The van der Waals surface area contributed by atoms with Gasteiger partial charge in [-0.1, -0.05) is 18.2 Å². The zero-order valence-corrected chi connectivity index (χ0v) is 15.2. The van der Waals surface area contributed by atoms with Gasteiger partial charge in [-0.05, 0) is 6.07 Å². The molecule has 0 radical (unpaired) electrons. The Kier molecular flexibility index (Phi) is 6.67. The van der Waals surface area contributed by atoms with Crippen molar-refractivity contribution in [3.63, 3.8) is 0 Å². The van der Waals surface area contributed by atoms with E-state index in [1.54, 1.807) is 7.11 Å². The highest BCUT2D eigenvalue weighted by molar-refractivity contribution is 5.76. The number of morpholine rings is 1. The summed E-state index contributed by atoms with van der Waals surface area (Å²) in [5.74, 6) is 1.22. The van der Waals surface area contributed by atoms with E-state index in [0.717, 1.165) is 58.1 Å². The zero-order chi connectivity index (χ0) is 17.5.